The first kappa shape index (κ1) is 17.2. The summed E-state index contributed by atoms with van der Waals surface area (Å²) in [6, 6.07) is 7.51. The molecule has 1 unspecified atom stereocenters. The Morgan fingerprint density at radius 1 is 1.25 bits per heavy atom. The second kappa shape index (κ2) is 8.49. The molecule has 122 valence electrons. The first-order valence-corrected chi connectivity index (χ1v) is 7.47. The summed E-state index contributed by atoms with van der Waals surface area (Å²) < 4.78 is 13.1. The number of rotatable bonds is 3. The van der Waals surface area contributed by atoms with Crippen molar-refractivity contribution in [3.8, 4) is 11.8 Å². The highest BCUT2D eigenvalue weighted by Gasteiger charge is 2.14. The molecular weight excluding hydrogens is 303 g/mol. The van der Waals surface area contributed by atoms with E-state index in [4.69, 9.17) is 5.73 Å². The highest BCUT2D eigenvalue weighted by molar-refractivity contribution is 6.05. The van der Waals surface area contributed by atoms with Gasteiger partial charge in [-0.3, -0.25) is 9.98 Å². The molecule has 24 heavy (non-hydrogen) atoms. The number of nitrogens with one attached hydrogen (secondary N) is 1. The molecule has 0 spiro atoms. The van der Waals surface area contributed by atoms with Crippen LogP contribution in [-0.4, -0.2) is 25.3 Å². The summed E-state index contributed by atoms with van der Waals surface area (Å²) in [5, 5.41) is 3.07. The van der Waals surface area contributed by atoms with Crippen molar-refractivity contribution in [3.05, 3.63) is 65.5 Å². The molecule has 1 aliphatic rings. The quantitative estimate of drug-likeness (QED) is 0.664. The van der Waals surface area contributed by atoms with Gasteiger partial charge in [0.1, 0.15) is 12.0 Å². The SMILES string of the molecule is CN=C1NC(C#Cc2ccc(N=CC=CN)cc2)=C/C1=C/C(C)F. The predicted molar refractivity (Wildman–Crippen MR) is 98.0 cm³/mol. The van der Waals surface area contributed by atoms with Crippen LogP contribution in [0.15, 0.2) is 69.9 Å². The first-order valence-electron chi connectivity index (χ1n) is 7.47. The van der Waals surface area contributed by atoms with Crippen molar-refractivity contribution in [2.45, 2.75) is 13.1 Å². The lowest BCUT2D eigenvalue weighted by Crippen LogP contribution is -2.17. The molecule has 0 amide bonds. The Morgan fingerprint density at radius 2 is 2.00 bits per heavy atom. The molecule has 0 aromatic heterocycles. The maximum absolute atomic E-state index is 13.1. The van der Waals surface area contributed by atoms with Gasteiger partial charge in [0, 0.05) is 24.4 Å². The maximum Gasteiger partial charge on any atom is 0.132 e. The fourth-order valence-electron chi connectivity index (χ4n) is 2.04. The van der Waals surface area contributed by atoms with E-state index in [1.165, 1.54) is 19.2 Å². The second-order valence-corrected chi connectivity index (χ2v) is 5.01. The van der Waals surface area contributed by atoms with Crippen molar-refractivity contribution in [3.63, 3.8) is 0 Å². The third-order valence-corrected chi connectivity index (χ3v) is 3.09. The molecule has 0 bridgehead atoms. The number of hydrogen-bond donors (Lipinski definition) is 2. The van der Waals surface area contributed by atoms with Gasteiger partial charge in [-0.25, -0.2) is 4.39 Å². The van der Waals surface area contributed by atoms with E-state index in [-0.39, 0.29) is 0 Å². The third-order valence-electron chi connectivity index (χ3n) is 3.09. The van der Waals surface area contributed by atoms with Crippen LogP contribution in [0.4, 0.5) is 10.1 Å². The van der Waals surface area contributed by atoms with E-state index >= 15 is 0 Å². The Morgan fingerprint density at radius 3 is 2.62 bits per heavy atom. The molecule has 4 nitrogen and oxygen atoms in total. The Bertz CT molecular complexity index is 785. The minimum absolute atomic E-state index is 0.626. The number of aliphatic imine (C=N–C) groups is 2. The van der Waals surface area contributed by atoms with Crippen LogP contribution in [0.1, 0.15) is 12.5 Å². The number of hydrogen-bond acceptors (Lipinski definition) is 3. The van der Waals surface area contributed by atoms with Gasteiger partial charge in [-0.2, -0.15) is 0 Å². The van der Waals surface area contributed by atoms with Crippen molar-refractivity contribution < 1.29 is 4.39 Å². The number of nitrogens with zero attached hydrogens (tertiary/aromatic N) is 2. The van der Waals surface area contributed by atoms with Crippen LogP contribution in [0.25, 0.3) is 0 Å². The maximum atomic E-state index is 13.1. The first-order chi connectivity index (χ1) is 11.6. The highest BCUT2D eigenvalue weighted by Crippen LogP contribution is 2.14. The smallest absolute Gasteiger partial charge is 0.132 e. The number of alkyl halides is 1. The molecule has 5 heteroatoms. The van der Waals surface area contributed by atoms with E-state index in [0.29, 0.717) is 11.5 Å². The fraction of sp³-hybridized carbons (Fsp3) is 0.158. The lowest BCUT2D eigenvalue weighted by molar-refractivity contribution is 0.430. The number of amidine groups is 1. The second-order valence-electron chi connectivity index (χ2n) is 5.01. The van der Waals surface area contributed by atoms with Gasteiger partial charge in [-0.05, 0) is 61.5 Å². The van der Waals surface area contributed by atoms with Crippen molar-refractivity contribution in [1.82, 2.24) is 5.32 Å². The van der Waals surface area contributed by atoms with Crippen LogP contribution in [0.5, 0.6) is 0 Å². The van der Waals surface area contributed by atoms with Crippen molar-refractivity contribution in [1.29, 1.82) is 0 Å². The van der Waals surface area contributed by atoms with Gasteiger partial charge in [0.05, 0.1) is 11.4 Å². The standard InChI is InChI=1S/C19H19FN4/c1-14(20)12-16-13-18(24-19(16)22-2)9-6-15-4-7-17(8-5-15)23-11-3-10-21/h3-5,7-8,10-14H,21H2,1-2H3,(H,22,24)/b10-3?,16-12-,23-11?. The van der Waals surface area contributed by atoms with Crippen molar-refractivity contribution in [2.75, 3.05) is 7.05 Å². The Balaban J connectivity index is 2.13. The average Bonchev–Trinajstić information content (AvgIpc) is 2.95. The van der Waals surface area contributed by atoms with Crippen LogP contribution in [0, 0.1) is 11.8 Å². The number of halogens is 1. The van der Waals surface area contributed by atoms with E-state index in [0.717, 1.165) is 16.8 Å². The minimum Gasteiger partial charge on any atom is -0.405 e. The molecule has 1 atom stereocenters. The van der Waals surface area contributed by atoms with Gasteiger partial charge in [0.15, 0.2) is 0 Å². The van der Waals surface area contributed by atoms with Crippen LogP contribution in [0.3, 0.4) is 0 Å². The van der Waals surface area contributed by atoms with E-state index in [2.05, 4.69) is 27.1 Å². The van der Waals surface area contributed by atoms with E-state index < -0.39 is 6.17 Å². The van der Waals surface area contributed by atoms with Crippen LogP contribution < -0.4 is 11.1 Å². The molecule has 0 fully saturated rings. The zero-order valence-electron chi connectivity index (χ0n) is 13.6. The number of benzene rings is 1. The molecule has 0 saturated carbocycles. The Hall–Kier alpha value is -3.13. The fourth-order valence-corrected chi connectivity index (χ4v) is 2.04. The average molecular weight is 322 g/mol. The summed E-state index contributed by atoms with van der Waals surface area (Å²) >= 11 is 0. The Kier molecular flexibility index (Phi) is 6.09. The predicted octanol–water partition coefficient (Wildman–Crippen LogP) is 3.01. The van der Waals surface area contributed by atoms with Crippen molar-refractivity contribution >= 4 is 17.7 Å². The molecule has 2 rings (SSSR count). The molecule has 0 saturated heterocycles. The molecule has 1 aromatic rings. The van der Waals surface area contributed by atoms with Gasteiger partial charge in [-0.1, -0.05) is 5.92 Å². The van der Waals surface area contributed by atoms with Crippen molar-refractivity contribution in [2.24, 2.45) is 15.7 Å². The lowest BCUT2D eigenvalue weighted by Gasteiger charge is -2.00. The Labute approximate surface area is 141 Å². The number of allylic oxidation sites excluding steroid dienone is 3. The molecule has 1 heterocycles. The highest BCUT2D eigenvalue weighted by atomic mass is 19.1. The molecule has 0 aliphatic carbocycles. The summed E-state index contributed by atoms with van der Waals surface area (Å²) in [5.41, 5.74) is 8.32. The van der Waals surface area contributed by atoms with Crippen LogP contribution >= 0.6 is 0 Å². The van der Waals surface area contributed by atoms with Crippen LogP contribution in [0.2, 0.25) is 0 Å². The summed E-state index contributed by atoms with van der Waals surface area (Å²) in [5.74, 6) is 6.71. The summed E-state index contributed by atoms with van der Waals surface area (Å²) in [6.07, 6.45) is 6.97. The molecule has 0 radical (unpaired) electrons. The van der Waals surface area contributed by atoms with Gasteiger partial charge >= 0.3 is 0 Å². The van der Waals surface area contributed by atoms with E-state index in [1.54, 1.807) is 25.4 Å². The van der Waals surface area contributed by atoms with Gasteiger partial charge in [0.2, 0.25) is 0 Å². The molecular formula is C19H19FN4. The largest absolute Gasteiger partial charge is 0.405 e. The molecule has 1 aliphatic heterocycles. The zero-order chi connectivity index (χ0) is 17.4. The van der Waals surface area contributed by atoms with E-state index in [9.17, 15) is 4.39 Å². The summed E-state index contributed by atoms with van der Waals surface area (Å²) in [7, 11) is 1.66. The summed E-state index contributed by atoms with van der Waals surface area (Å²) in [4.78, 5) is 8.31. The van der Waals surface area contributed by atoms with Crippen LogP contribution in [-0.2, 0) is 0 Å². The third kappa shape index (κ3) is 4.96. The van der Waals surface area contributed by atoms with Gasteiger partial charge < -0.3 is 11.1 Å². The summed E-state index contributed by atoms with van der Waals surface area (Å²) in [6.45, 7) is 1.48. The minimum atomic E-state index is -1.04. The van der Waals surface area contributed by atoms with Gasteiger partial charge in [0.25, 0.3) is 0 Å². The van der Waals surface area contributed by atoms with Gasteiger partial charge in [-0.15, -0.1) is 0 Å². The zero-order valence-corrected chi connectivity index (χ0v) is 13.6. The number of nitrogens with two attached hydrogens (primary N) is 1. The van der Waals surface area contributed by atoms with E-state index in [1.807, 2.05) is 24.3 Å². The molecule has 1 aromatic carbocycles. The molecule has 3 N–H and O–H groups in total. The lowest BCUT2D eigenvalue weighted by atomic mass is 10.2. The normalized spacial score (nSPS) is 18.7. The topological polar surface area (TPSA) is 62.8 Å². The monoisotopic (exact) mass is 322 g/mol.